The van der Waals surface area contributed by atoms with Crippen LogP contribution in [0.5, 0.6) is 0 Å². The lowest BCUT2D eigenvalue weighted by molar-refractivity contribution is 0.0982. The van der Waals surface area contributed by atoms with Crippen LogP contribution in [0.4, 0.5) is 5.13 Å². The smallest absolute Gasteiger partial charge is 0.260 e. The van der Waals surface area contributed by atoms with Crippen molar-refractivity contribution in [3.8, 4) is 0 Å². The van der Waals surface area contributed by atoms with Crippen molar-refractivity contribution in [2.75, 3.05) is 4.90 Å². The molecular formula is C22H20N2O2S. The molecule has 4 nitrogen and oxygen atoms in total. The van der Waals surface area contributed by atoms with Gasteiger partial charge < -0.3 is 4.42 Å². The fourth-order valence-electron chi connectivity index (χ4n) is 3.12. The second-order valence-electron chi connectivity index (χ2n) is 6.76. The summed E-state index contributed by atoms with van der Waals surface area (Å²) in [7, 11) is 0. The van der Waals surface area contributed by atoms with Gasteiger partial charge in [0.1, 0.15) is 5.76 Å². The van der Waals surface area contributed by atoms with Gasteiger partial charge in [0, 0.05) is 5.56 Å². The zero-order valence-corrected chi connectivity index (χ0v) is 16.3. The van der Waals surface area contributed by atoms with Gasteiger partial charge in [-0.2, -0.15) is 0 Å². The summed E-state index contributed by atoms with van der Waals surface area (Å²) in [5.41, 5.74) is 4.86. The fourth-order valence-corrected chi connectivity index (χ4v) is 4.18. The Morgan fingerprint density at radius 2 is 1.85 bits per heavy atom. The van der Waals surface area contributed by atoms with Gasteiger partial charge in [-0.15, -0.1) is 0 Å². The highest BCUT2D eigenvalue weighted by molar-refractivity contribution is 7.22. The zero-order chi connectivity index (χ0) is 19.0. The first kappa shape index (κ1) is 17.5. The van der Waals surface area contributed by atoms with E-state index >= 15 is 0 Å². The van der Waals surface area contributed by atoms with Crippen LogP contribution < -0.4 is 4.90 Å². The van der Waals surface area contributed by atoms with Gasteiger partial charge >= 0.3 is 0 Å². The van der Waals surface area contributed by atoms with E-state index in [1.54, 1.807) is 11.2 Å². The number of fused-ring (bicyclic) bond motifs is 1. The Balaban J connectivity index is 1.79. The maximum Gasteiger partial charge on any atom is 0.260 e. The average Bonchev–Trinajstić information content (AvgIpc) is 3.28. The Labute approximate surface area is 162 Å². The molecule has 0 aliphatic heterocycles. The van der Waals surface area contributed by atoms with Crippen LogP contribution in [-0.4, -0.2) is 10.9 Å². The maximum absolute atomic E-state index is 13.4. The summed E-state index contributed by atoms with van der Waals surface area (Å²) >= 11 is 1.53. The average molecular weight is 376 g/mol. The lowest BCUT2D eigenvalue weighted by Crippen LogP contribution is -2.30. The molecule has 0 unspecified atom stereocenters. The molecule has 2 aromatic heterocycles. The summed E-state index contributed by atoms with van der Waals surface area (Å²) in [6.45, 7) is 6.39. The zero-order valence-electron chi connectivity index (χ0n) is 15.5. The first-order chi connectivity index (χ1) is 13.0. The van der Waals surface area contributed by atoms with Crippen LogP contribution in [0.25, 0.3) is 10.2 Å². The summed E-state index contributed by atoms with van der Waals surface area (Å²) in [6, 6.07) is 15.7. The third-order valence-corrected chi connectivity index (χ3v) is 5.56. The van der Waals surface area contributed by atoms with Crippen molar-refractivity contribution in [1.29, 1.82) is 0 Å². The number of amides is 1. The molecule has 0 atom stereocenters. The topological polar surface area (TPSA) is 46.3 Å². The van der Waals surface area contributed by atoms with E-state index in [1.165, 1.54) is 16.9 Å². The van der Waals surface area contributed by atoms with Gasteiger partial charge in [-0.3, -0.25) is 9.69 Å². The molecule has 4 aromatic rings. The van der Waals surface area contributed by atoms with Crippen LogP contribution in [0.15, 0.2) is 59.2 Å². The van der Waals surface area contributed by atoms with E-state index in [1.807, 2.05) is 56.3 Å². The van der Waals surface area contributed by atoms with Gasteiger partial charge in [-0.05, 0) is 62.2 Å². The highest BCUT2D eigenvalue weighted by Crippen LogP contribution is 2.32. The predicted molar refractivity (Wildman–Crippen MR) is 109 cm³/mol. The monoisotopic (exact) mass is 376 g/mol. The Morgan fingerprint density at radius 1 is 1.07 bits per heavy atom. The number of furan rings is 1. The van der Waals surface area contributed by atoms with Crippen molar-refractivity contribution in [1.82, 2.24) is 4.98 Å². The molecule has 5 heteroatoms. The summed E-state index contributed by atoms with van der Waals surface area (Å²) in [5, 5.41) is 0.678. The standard InChI is InChI=1S/C22H20N2O2S/c1-14-6-8-18(16(3)11-14)21(25)24(13-17-5-4-10-26-17)22-23-19-9-7-15(2)12-20(19)27-22/h4-12H,13H2,1-3H3. The van der Waals surface area contributed by atoms with Crippen molar-refractivity contribution < 1.29 is 9.21 Å². The molecule has 0 aliphatic carbocycles. The summed E-state index contributed by atoms with van der Waals surface area (Å²) < 4.78 is 6.57. The lowest BCUT2D eigenvalue weighted by atomic mass is 10.0. The number of anilines is 1. The number of rotatable bonds is 4. The van der Waals surface area contributed by atoms with Crippen LogP contribution in [-0.2, 0) is 6.54 Å². The van der Waals surface area contributed by atoms with Crippen LogP contribution in [0.3, 0.4) is 0 Å². The minimum atomic E-state index is -0.0697. The Hall–Kier alpha value is -2.92. The second-order valence-corrected chi connectivity index (χ2v) is 7.77. The molecular weight excluding hydrogens is 356 g/mol. The number of hydrogen-bond donors (Lipinski definition) is 0. The Kier molecular flexibility index (Phi) is 4.54. The molecule has 0 saturated carbocycles. The lowest BCUT2D eigenvalue weighted by Gasteiger charge is -2.20. The van der Waals surface area contributed by atoms with E-state index in [9.17, 15) is 4.79 Å². The summed E-state index contributed by atoms with van der Waals surface area (Å²) in [6.07, 6.45) is 1.62. The number of benzene rings is 2. The van der Waals surface area contributed by atoms with E-state index in [0.717, 1.165) is 27.1 Å². The minimum absolute atomic E-state index is 0.0697. The van der Waals surface area contributed by atoms with E-state index in [2.05, 4.69) is 13.0 Å². The Morgan fingerprint density at radius 3 is 2.59 bits per heavy atom. The highest BCUT2D eigenvalue weighted by Gasteiger charge is 2.24. The second kappa shape index (κ2) is 7.00. The van der Waals surface area contributed by atoms with Gasteiger partial charge in [0.05, 0.1) is 23.0 Å². The van der Waals surface area contributed by atoms with Crippen molar-refractivity contribution in [2.45, 2.75) is 27.3 Å². The van der Waals surface area contributed by atoms with Gasteiger partial charge in [0.25, 0.3) is 5.91 Å². The van der Waals surface area contributed by atoms with Crippen molar-refractivity contribution in [2.24, 2.45) is 0 Å². The van der Waals surface area contributed by atoms with E-state index in [0.29, 0.717) is 17.2 Å². The van der Waals surface area contributed by atoms with E-state index in [4.69, 9.17) is 9.40 Å². The maximum atomic E-state index is 13.4. The first-order valence-corrected chi connectivity index (χ1v) is 9.61. The van der Waals surface area contributed by atoms with E-state index < -0.39 is 0 Å². The number of thiazole rings is 1. The number of aryl methyl sites for hydroxylation is 3. The minimum Gasteiger partial charge on any atom is -0.467 e. The number of aromatic nitrogens is 1. The SMILES string of the molecule is Cc1ccc(C(=O)N(Cc2ccco2)c2nc3ccc(C)cc3s2)c(C)c1. The third-order valence-electron chi connectivity index (χ3n) is 4.52. The van der Waals surface area contributed by atoms with Crippen LogP contribution in [0.1, 0.15) is 32.8 Å². The van der Waals surface area contributed by atoms with Gasteiger partial charge in [0.2, 0.25) is 0 Å². The molecule has 0 bridgehead atoms. The molecule has 0 saturated heterocycles. The van der Waals surface area contributed by atoms with Gasteiger partial charge in [-0.25, -0.2) is 4.98 Å². The van der Waals surface area contributed by atoms with Gasteiger partial charge in [-0.1, -0.05) is 35.1 Å². The molecule has 0 aliphatic rings. The molecule has 4 rings (SSSR count). The number of nitrogens with zero attached hydrogens (tertiary/aromatic N) is 2. The van der Waals surface area contributed by atoms with Crippen molar-refractivity contribution >= 4 is 32.6 Å². The van der Waals surface area contributed by atoms with Crippen LogP contribution in [0, 0.1) is 20.8 Å². The molecule has 0 fully saturated rings. The number of carbonyl (C=O) groups is 1. The summed E-state index contributed by atoms with van der Waals surface area (Å²) in [5.74, 6) is 0.656. The fraction of sp³-hybridized carbons (Fsp3) is 0.182. The first-order valence-electron chi connectivity index (χ1n) is 8.80. The Bertz CT molecular complexity index is 1110. The van der Waals surface area contributed by atoms with Crippen molar-refractivity contribution in [3.05, 3.63) is 82.8 Å². The number of hydrogen-bond acceptors (Lipinski definition) is 4. The normalized spacial score (nSPS) is 11.1. The number of carbonyl (C=O) groups excluding carboxylic acids is 1. The third kappa shape index (κ3) is 3.51. The highest BCUT2D eigenvalue weighted by atomic mass is 32.1. The molecule has 136 valence electrons. The predicted octanol–water partition coefficient (Wildman–Crippen LogP) is 5.66. The largest absolute Gasteiger partial charge is 0.467 e. The van der Waals surface area contributed by atoms with Crippen molar-refractivity contribution in [3.63, 3.8) is 0 Å². The molecule has 0 radical (unpaired) electrons. The van der Waals surface area contributed by atoms with E-state index in [-0.39, 0.29) is 5.91 Å². The molecule has 0 spiro atoms. The van der Waals surface area contributed by atoms with Crippen LogP contribution >= 0.6 is 11.3 Å². The molecule has 27 heavy (non-hydrogen) atoms. The molecule has 2 aromatic carbocycles. The quantitative estimate of drug-likeness (QED) is 0.461. The van der Waals surface area contributed by atoms with Gasteiger partial charge in [0.15, 0.2) is 5.13 Å². The van der Waals surface area contributed by atoms with Crippen LogP contribution in [0.2, 0.25) is 0 Å². The molecule has 2 heterocycles. The molecule has 1 amide bonds. The summed E-state index contributed by atoms with van der Waals surface area (Å²) in [4.78, 5) is 19.8. The molecule has 0 N–H and O–H groups in total.